The number of hydrogen-bond acceptors (Lipinski definition) is 3. The molecule has 1 N–H and O–H groups in total. The van der Waals surface area contributed by atoms with Gasteiger partial charge in [0, 0.05) is 4.92 Å². The van der Waals surface area contributed by atoms with E-state index in [2.05, 4.69) is 0 Å². The van der Waals surface area contributed by atoms with Crippen molar-refractivity contribution in [3.63, 3.8) is 0 Å². The average molecular weight is 237 g/mol. The lowest BCUT2D eigenvalue weighted by Gasteiger charge is -2.11. The third-order valence-corrected chi connectivity index (χ3v) is 2.65. The highest BCUT2D eigenvalue weighted by molar-refractivity contribution is 5.68. The van der Waals surface area contributed by atoms with E-state index in [4.69, 9.17) is 5.11 Å². The maximum atomic E-state index is 10.7. The van der Waals surface area contributed by atoms with Crippen LogP contribution in [0.2, 0.25) is 0 Å². The molecule has 0 aliphatic rings. The Morgan fingerprint density at radius 3 is 2.41 bits per heavy atom. The number of carboxylic acids is 1. The Kier molecular flexibility index (Phi) is 4.63. The lowest BCUT2D eigenvalue weighted by atomic mass is 9.94. The number of carboxylic acid groups (broad SMARTS) is 1. The van der Waals surface area contributed by atoms with Crippen LogP contribution in [0.15, 0.2) is 24.3 Å². The van der Waals surface area contributed by atoms with Gasteiger partial charge >= 0.3 is 5.97 Å². The molecule has 0 fully saturated rings. The molecular formula is C12H15NO4. The normalized spacial score (nSPS) is 12.1. The molecule has 0 aromatic heterocycles. The summed E-state index contributed by atoms with van der Waals surface area (Å²) in [6.07, 6.45) is 0.672. The number of benzene rings is 1. The summed E-state index contributed by atoms with van der Waals surface area (Å²) in [5, 5.41) is 19.2. The summed E-state index contributed by atoms with van der Waals surface area (Å²) in [5.41, 5.74) is 1.84. The quantitative estimate of drug-likeness (QED) is 0.606. The Balaban J connectivity index is 2.86. The van der Waals surface area contributed by atoms with Gasteiger partial charge in [-0.05, 0) is 17.5 Å². The van der Waals surface area contributed by atoms with Gasteiger partial charge in [0.25, 0.3) is 0 Å². The Labute approximate surface area is 99.2 Å². The van der Waals surface area contributed by atoms with Crippen molar-refractivity contribution in [3.8, 4) is 0 Å². The molecule has 1 aromatic carbocycles. The van der Waals surface area contributed by atoms with E-state index in [9.17, 15) is 14.9 Å². The van der Waals surface area contributed by atoms with E-state index < -0.39 is 16.8 Å². The molecule has 0 amide bonds. The Hall–Kier alpha value is -1.91. The van der Waals surface area contributed by atoms with Crippen molar-refractivity contribution in [1.29, 1.82) is 0 Å². The van der Waals surface area contributed by atoms with Gasteiger partial charge in [-0.25, -0.2) is 0 Å². The first kappa shape index (κ1) is 13.2. The smallest absolute Gasteiger partial charge is 0.304 e. The Bertz CT molecular complexity index is 383. The Morgan fingerprint density at radius 1 is 1.41 bits per heavy atom. The van der Waals surface area contributed by atoms with Gasteiger partial charge in [0.15, 0.2) is 0 Å². The first-order valence-electron chi connectivity index (χ1n) is 5.45. The van der Waals surface area contributed by atoms with Crippen molar-refractivity contribution < 1.29 is 14.8 Å². The van der Waals surface area contributed by atoms with Crippen LogP contribution in [0.4, 0.5) is 0 Å². The Morgan fingerprint density at radius 2 is 2.00 bits per heavy atom. The largest absolute Gasteiger partial charge is 0.481 e. The molecule has 92 valence electrons. The number of nitro groups is 1. The molecule has 0 radical (unpaired) electrons. The van der Waals surface area contributed by atoms with E-state index in [-0.39, 0.29) is 13.0 Å². The maximum absolute atomic E-state index is 10.7. The van der Waals surface area contributed by atoms with E-state index >= 15 is 0 Å². The predicted molar refractivity (Wildman–Crippen MR) is 62.7 cm³/mol. The standard InChI is InChI=1S/C12H15NO4/c1-2-9-3-5-10(6-4-9)11(7-12(14)15)8-13(16)17/h3-6,11H,2,7-8H2,1H3,(H,14,15). The molecular weight excluding hydrogens is 222 g/mol. The van der Waals surface area contributed by atoms with Gasteiger partial charge < -0.3 is 5.11 Å². The van der Waals surface area contributed by atoms with E-state index in [1.165, 1.54) is 0 Å². The van der Waals surface area contributed by atoms with Crippen LogP contribution in [0, 0.1) is 10.1 Å². The summed E-state index contributed by atoms with van der Waals surface area (Å²) in [6, 6.07) is 7.31. The second-order valence-electron chi connectivity index (χ2n) is 3.91. The van der Waals surface area contributed by atoms with Gasteiger partial charge in [-0.3, -0.25) is 14.9 Å². The third-order valence-electron chi connectivity index (χ3n) is 2.65. The van der Waals surface area contributed by atoms with Crippen LogP contribution in [-0.2, 0) is 11.2 Å². The highest BCUT2D eigenvalue weighted by atomic mass is 16.6. The van der Waals surface area contributed by atoms with Gasteiger partial charge in [0.05, 0.1) is 12.3 Å². The summed E-state index contributed by atoms with van der Waals surface area (Å²) in [6.45, 7) is 1.67. The molecule has 1 rings (SSSR count). The number of nitrogens with zero attached hydrogens (tertiary/aromatic N) is 1. The minimum absolute atomic E-state index is 0.216. The number of aliphatic carboxylic acids is 1. The highest BCUT2D eigenvalue weighted by Gasteiger charge is 2.20. The van der Waals surface area contributed by atoms with Crippen LogP contribution in [0.1, 0.15) is 30.4 Å². The summed E-state index contributed by atoms with van der Waals surface area (Å²) in [7, 11) is 0. The fourth-order valence-corrected chi connectivity index (χ4v) is 1.70. The van der Waals surface area contributed by atoms with E-state index in [0.29, 0.717) is 5.56 Å². The fraction of sp³-hybridized carbons (Fsp3) is 0.417. The van der Waals surface area contributed by atoms with Crippen LogP contribution in [0.5, 0.6) is 0 Å². The lowest BCUT2D eigenvalue weighted by Crippen LogP contribution is -2.16. The minimum atomic E-state index is -1.02. The van der Waals surface area contributed by atoms with E-state index in [0.717, 1.165) is 12.0 Å². The van der Waals surface area contributed by atoms with Crippen molar-refractivity contribution in [2.75, 3.05) is 6.54 Å². The van der Waals surface area contributed by atoms with Gasteiger partial charge in [0.2, 0.25) is 6.54 Å². The summed E-state index contributed by atoms with van der Waals surface area (Å²) in [4.78, 5) is 20.7. The molecule has 1 atom stereocenters. The third kappa shape index (κ3) is 4.22. The first-order chi connectivity index (χ1) is 8.02. The molecule has 0 saturated heterocycles. The van der Waals surface area contributed by atoms with E-state index in [1.54, 1.807) is 12.1 Å². The molecule has 5 nitrogen and oxygen atoms in total. The number of aryl methyl sites for hydroxylation is 1. The molecule has 1 aromatic rings. The number of hydrogen-bond donors (Lipinski definition) is 1. The van der Waals surface area contributed by atoms with Crippen molar-refractivity contribution >= 4 is 5.97 Å². The van der Waals surface area contributed by atoms with Gasteiger partial charge in [-0.1, -0.05) is 31.2 Å². The monoisotopic (exact) mass is 237 g/mol. The van der Waals surface area contributed by atoms with Crippen LogP contribution in [-0.4, -0.2) is 22.5 Å². The molecule has 1 unspecified atom stereocenters. The molecule has 0 aliphatic carbocycles. The second-order valence-corrected chi connectivity index (χ2v) is 3.91. The van der Waals surface area contributed by atoms with Crippen molar-refractivity contribution in [1.82, 2.24) is 0 Å². The van der Waals surface area contributed by atoms with Crippen molar-refractivity contribution in [2.45, 2.75) is 25.7 Å². The molecule has 0 bridgehead atoms. The van der Waals surface area contributed by atoms with Gasteiger partial charge in [-0.2, -0.15) is 0 Å². The van der Waals surface area contributed by atoms with Crippen molar-refractivity contribution in [3.05, 3.63) is 45.5 Å². The molecule has 0 saturated carbocycles. The molecule has 5 heteroatoms. The zero-order chi connectivity index (χ0) is 12.8. The lowest BCUT2D eigenvalue weighted by molar-refractivity contribution is -0.483. The highest BCUT2D eigenvalue weighted by Crippen LogP contribution is 2.20. The molecule has 0 spiro atoms. The zero-order valence-electron chi connectivity index (χ0n) is 9.63. The van der Waals surface area contributed by atoms with Crippen LogP contribution < -0.4 is 0 Å². The predicted octanol–water partition coefficient (Wildman–Crippen LogP) is 2.08. The average Bonchev–Trinajstić information content (AvgIpc) is 2.27. The van der Waals surface area contributed by atoms with Crippen molar-refractivity contribution in [2.24, 2.45) is 0 Å². The zero-order valence-corrected chi connectivity index (χ0v) is 9.63. The molecule has 0 heterocycles. The minimum Gasteiger partial charge on any atom is -0.481 e. The second kappa shape index (κ2) is 5.98. The number of carbonyl (C=O) groups is 1. The molecule has 0 aliphatic heterocycles. The molecule has 17 heavy (non-hydrogen) atoms. The topological polar surface area (TPSA) is 80.4 Å². The maximum Gasteiger partial charge on any atom is 0.304 e. The fourth-order valence-electron chi connectivity index (χ4n) is 1.70. The summed E-state index contributed by atoms with van der Waals surface area (Å²) < 4.78 is 0. The van der Waals surface area contributed by atoms with Gasteiger partial charge in [-0.15, -0.1) is 0 Å². The van der Waals surface area contributed by atoms with Crippen LogP contribution in [0.3, 0.4) is 0 Å². The van der Waals surface area contributed by atoms with Crippen LogP contribution >= 0.6 is 0 Å². The summed E-state index contributed by atoms with van der Waals surface area (Å²) in [5.74, 6) is -1.58. The van der Waals surface area contributed by atoms with Gasteiger partial charge in [0.1, 0.15) is 0 Å². The summed E-state index contributed by atoms with van der Waals surface area (Å²) >= 11 is 0. The first-order valence-corrected chi connectivity index (χ1v) is 5.45. The van der Waals surface area contributed by atoms with Crippen LogP contribution in [0.25, 0.3) is 0 Å². The SMILES string of the molecule is CCc1ccc(C(CC(=O)O)C[N+](=O)[O-])cc1. The number of rotatable bonds is 6. The van der Waals surface area contributed by atoms with E-state index in [1.807, 2.05) is 19.1 Å².